The highest BCUT2D eigenvalue weighted by atomic mass is 35.5. The van der Waals surface area contributed by atoms with Gasteiger partial charge in [-0.1, -0.05) is 36.4 Å². The van der Waals surface area contributed by atoms with E-state index in [-0.39, 0.29) is 11.8 Å². The largest absolute Gasteiger partial charge is 0.342 e. The number of carbonyl (C=O) groups excluding carboxylic acids is 1. The Morgan fingerprint density at radius 2 is 1.31 bits per heavy atom. The summed E-state index contributed by atoms with van der Waals surface area (Å²) in [5.41, 5.74) is 8.71. The molecule has 0 atom stereocenters. The monoisotopic (exact) mass is 454 g/mol. The number of rotatable bonds is 3. The molecule has 2 fully saturated rings. The van der Waals surface area contributed by atoms with Crippen LogP contribution in [0.4, 0.5) is 0 Å². The molecule has 3 nitrogen and oxygen atoms in total. The first-order valence-electron chi connectivity index (χ1n) is 12.1. The number of amides is 1. The Hall–Kier alpha value is -1.84. The fraction of sp³-hybridized carbons (Fsp3) is 0.536. The molecule has 0 spiro atoms. The molecule has 2 aliphatic heterocycles. The van der Waals surface area contributed by atoms with Crippen molar-refractivity contribution in [2.75, 3.05) is 32.1 Å². The molecule has 2 aromatic carbocycles. The van der Waals surface area contributed by atoms with E-state index in [0.717, 1.165) is 31.8 Å². The molecule has 0 aromatic heterocycles. The Kier molecular flexibility index (Phi) is 9.19. The standard InChI is InChI=1S/C15H20ClNO.C13H19N/c1-11-4-3-5-14(12(11)2)13-6-8-17(9-7-13)15(18)10-16;1-10-4-3-5-13(11(10)2)12-6-8-14-9-7-12/h3-5,13H,6-10H2,1-2H3;3-5,12,14H,6-9H2,1-2H3. The number of hydrogen-bond donors (Lipinski definition) is 1. The molecule has 4 rings (SSSR count). The number of hydrogen-bond acceptors (Lipinski definition) is 2. The van der Waals surface area contributed by atoms with Crippen molar-refractivity contribution >= 4 is 17.5 Å². The van der Waals surface area contributed by atoms with Gasteiger partial charge in [-0.25, -0.2) is 0 Å². The van der Waals surface area contributed by atoms with Crippen molar-refractivity contribution in [3.63, 3.8) is 0 Å². The smallest absolute Gasteiger partial charge is 0.237 e. The summed E-state index contributed by atoms with van der Waals surface area (Å²) in [5, 5.41) is 3.42. The van der Waals surface area contributed by atoms with E-state index in [1.54, 1.807) is 5.56 Å². The molecule has 32 heavy (non-hydrogen) atoms. The minimum Gasteiger partial charge on any atom is -0.342 e. The molecule has 2 saturated heterocycles. The number of piperidine rings is 2. The number of carbonyl (C=O) groups is 1. The molecule has 0 bridgehead atoms. The van der Waals surface area contributed by atoms with Crippen LogP contribution < -0.4 is 5.32 Å². The highest BCUT2D eigenvalue weighted by Gasteiger charge is 2.24. The molecular formula is C28H39ClN2O. The lowest BCUT2D eigenvalue weighted by atomic mass is 9.85. The highest BCUT2D eigenvalue weighted by Crippen LogP contribution is 2.31. The first-order chi connectivity index (χ1) is 15.4. The Balaban J connectivity index is 0.000000186. The van der Waals surface area contributed by atoms with E-state index < -0.39 is 0 Å². The number of aryl methyl sites for hydroxylation is 2. The van der Waals surface area contributed by atoms with Crippen LogP contribution in [0.15, 0.2) is 36.4 Å². The van der Waals surface area contributed by atoms with Gasteiger partial charge in [0, 0.05) is 13.1 Å². The summed E-state index contributed by atoms with van der Waals surface area (Å²) in [6.45, 7) is 12.8. The SMILES string of the molecule is Cc1cccc(C2CCN(C(=O)CCl)CC2)c1C.Cc1cccc(C2CCNCC2)c1C. The van der Waals surface area contributed by atoms with E-state index >= 15 is 0 Å². The minimum atomic E-state index is 0.0658. The number of likely N-dealkylation sites (tertiary alicyclic amines) is 1. The maximum absolute atomic E-state index is 11.5. The van der Waals surface area contributed by atoms with Crippen LogP contribution in [0.25, 0.3) is 0 Å². The average molecular weight is 455 g/mol. The van der Waals surface area contributed by atoms with Gasteiger partial charge in [0.2, 0.25) is 5.91 Å². The lowest BCUT2D eigenvalue weighted by molar-refractivity contribution is -0.129. The van der Waals surface area contributed by atoms with Crippen LogP contribution in [0.3, 0.4) is 0 Å². The first-order valence-corrected chi connectivity index (χ1v) is 12.6. The zero-order chi connectivity index (χ0) is 23.1. The molecule has 0 aliphatic carbocycles. The molecule has 1 N–H and O–H groups in total. The molecule has 2 heterocycles. The van der Waals surface area contributed by atoms with Gasteiger partial charge in [-0.05, 0) is 112 Å². The second kappa shape index (κ2) is 11.9. The summed E-state index contributed by atoms with van der Waals surface area (Å²) in [6.07, 6.45) is 4.69. The first kappa shape index (κ1) is 24.8. The van der Waals surface area contributed by atoms with Gasteiger partial charge in [0.25, 0.3) is 0 Å². The van der Waals surface area contributed by atoms with E-state index in [9.17, 15) is 4.79 Å². The van der Waals surface area contributed by atoms with Crippen LogP contribution >= 0.6 is 11.6 Å². The van der Waals surface area contributed by atoms with Crippen LogP contribution in [0.5, 0.6) is 0 Å². The van der Waals surface area contributed by atoms with Crippen molar-refractivity contribution in [2.24, 2.45) is 0 Å². The van der Waals surface area contributed by atoms with Gasteiger partial charge in [0.1, 0.15) is 5.88 Å². The fourth-order valence-electron chi connectivity index (χ4n) is 5.09. The fourth-order valence-corrected chi connectivity index (χ4v) is 5.26. The predicted molar refractivity (Wildman–Crippen MR) is 136 cm³/mol. The van der Waals surface area contributed by atoms with Crippen molar-refractivity contribution < 1.29 is 4.79 Å². The van der Waals surface area contributed by atoms with Gasteiger partial charge in [-0.2, -0.15) is 0 Å². The van der Waals surface area contributed by atoms with E-state index in [1.165, 1.54) is 53.7 Å². The molecule has 0 unspecified atom stereocenters. The molecule has 2 aliphatic rings. The van der Waals surface area contributed by atoms with E-state index in [4.69, 9.17) is 11.6 Å². The summed E-state index contributed by atoms with van der Waals surface area (Å²) >= 11 is 5.59. The highest BCUT2D eigenvalue weighted by molar-refractivity contribution is 6.27. The molecule has 4 heteroatoms. The maximum atomic E-state index is 11.5. The van der Waals surface area contributed by atoms with Gasteiger partial charge < -0.3 is 10.2 Å². The Labute approximate surface area is 199 Å². The van der Waals surface area contributed by atoms with Crippen molar-refractivity contribution in [3.8, 4) is 0 Å². The Morgan fingerprint density at radius 3 is 1.78 bits per heavy atom. The third-order valence-electron chi connectivity index (χ3n) is 7.47. The molecule has 174 valence electrons. The van der Waals surface area contributed by atoms with Gasteiger partial charge >= 0.3 is 0 Å². The van der Waals surface area contributed by atoms with E-state index in [2.05, 4.69) is 69.4 Å². The van der Waals surface area contributed by atoms with Gasteiger partial charge in [0.05, 0.1) is 0 Å². The Bertz CT molecular complexity index is 896. The van der Waals surface area contributed by atoms with Crippen LogP contribution in [-0.2, 0) is 4.79 Å². The lowest BCUT2D eigenvalue weighted by Gasteiger charge is -2.32. The second-order valence-electron chi connectivity index (χ2n) is 9.39. The zero-order valence-corrected chi connectivity index (χ0v) is 21.0. The summed E-state index contributed by atoms with van der Waals surface area (Å²) in [7, 11) is 0. The molecule has 0 radical (unpaired) electrons. The zero-order valence-electron chi connectivity index (χ0n) is 20.2. The third-order valence-corrected chi connectivity index (χ3v) is 7.70. The number of nitrogens with zero attached hydrogens (tertiary/aromatic N) is 1. The summed E-state index contributed by atoms with van der Waals surface area (Å²) in [6, 6.07) is 13.2. The van der Waals surface area contributed by atoms with Crippen molar-refractivity contribution in [1.82, 2.24) is 10.2 Å². The number of alkyl halides is 1. The predicted octanol–water partition coefficient (Wildman–Crippen LogP) is 6.02. The Morgan fingerprint density at radius 1 is 0.844 bits per heavy atom. The minimum absolute atomic E-state index is 0.0658. The molecule has 2 aromatic rings. The van der Waals surface area contributed by atoms with Crippen LogP contribution in [0.1, 0.15) is 70.9 Å². The summed E-state index contributed by atoms with van der Waals surface area (Å²) < 4.78 is 0. The van der Waals surface area contributed by atoms with Gasteiger partial charge in [0.15, 0.2) is 0 Å². The lowest BCUT2D eigenvalue weighted by Crippen LogP contribution is -2.38. The number of benzene rings is 2. The third kappa shape index (κ3) is 6.14. The quantitative estimate of drug-likeness (QED) is 0.575. The van der Waals surface area contributed by atoms with E-state index in [0.29, 0.717) is 5.92 Å². The second-order valence-corrected chi connectivity index (χ2v) is 9.66. The topological polar surface area (TPSA) is 32.3 Å². The molecule has 0 saturated carbocycles. The van der Waals surface area contributed by atoms with E-state index in [1.807, 2.05) is 4.90 Å². The average Bonchev–Trinajstić information content (AvgIpc) is 2.83. The van der Waals surface area contributed by atoms with Crippen LogP contribution in [0.2, 0.25) is 0 Å². The normalized spacial score (nSPS) is 17.6. The summed E-state index contributed by atoms with van der Waals surface area (Å²) in [5.74, 6) is 1.55. The van der Waals surface area contributed by atoms with Gasteiger partial charge in [-0.3, -0.25) is 4.79 Å². The number of nitrogens with one attached hydrogen (secondary N) is 1. The molecule has 1 amide bonds. The van der Waals surface area contributed by atoms with Crippen LogP contribution in [-0.4, -0.2) is 42.9 Å². The van der Waals surface area contributed by atoms with Crippen molar-refractivity contribution in [2.45, 2.75) is 65.2 Å². The van der Waals surface area contributed by atoms with Gasteiger partial charge in [-0.15, -0.1) is 11.6 Å². The van der Waals surface area contributed by atoms with Crippen molar-refractivity contribution in [3.05, 3.63) is 69.8 Å². The maximum Gasteiger partial charge on any atom is 0.237 e. The van der Waals surface area contributed by atoms with Crippen molar-refractivity contribution in [1.29, 1.82) is 0 Å². The number of halogens is 1. The molecular weight excluding hydrogens is 416 g/mol. The van der Waals surface area contributed by atoms with Crippen LogP contribution in [0, 0.1) is 27.7 Å². The summed E-state index contributed by atoms with van der Waals surface area (Å²) in [4.78, 5) is 13.4.